The average molecular weight is 397 g/mol. The summed E-state index contributed by atoms with van der Waals surface area (Å²) < 4.78 is 1.80. The molecule has 144 valence electrons. The van der Waals surface area contributed by atoms with Crippen LogP contribution in [0.4, 0.5) is 5.69 Å². The minimum Gasteiger partial charge on any atom is -0.480 e. The van der Waals surface area contributed by atoms with E-state index in [1.54, 1.807) is 22.6 Å². The van der Waals surface area contributed by atoms with Crippen molar-refractivity contribution in [3.63, 3.8) is 0 Å². The van der Waals surface area contributed by atoms with Gasteiger partial charge in [-0.15, -0.1) is 0 Å². The SMILES string of the molecule is CN(C(=O)C1CCc2c(c3cccc(Cl)c3n2CC(=O)O)C1)c1ccccc1. The Morgan fingerprint density at radius 1 is 1.18 bits per heavy atom. The third-order valence-electron chi connectivity index (χ3n) is 5.55. The van der Waals surface area contributed by atoms with Crippen molar-refractivity contribution < 1.29 is 14.7 Å². The minimum absolute atomic E-state index is 0.0815. The van der Waals surface area contributed by atoms with Crippen molar-refractivity contribution >= 4 is 40.1 Å². The molecule has 1 N–H and O–H groups in total. The van der Waals surface area contributed by atoms with Gasteiger partial charge in [0, 0.05) is 29.7 Å². The van der Waals surface area contributed by atoms with E-state index in [0.29, 0.717) is 24.3 Å². The van der Waals surface area contributed by atoms with Crippen LogP contribution in [0, 0.1) is 5.92 Å². The molecular formula is C22H21ClN2O3. The number of carboxylic acid groups (broad SMARTS) is 1. The Kier molecular flexibility index (Phi) is 4.85. The maximum atomic E-state index is 13.1. The first-order chi connectivity index (χ1) is 13.5. The lowest BCUT2D eigenvalue weighted by Crippen LogP contribution is -2.36. The number of hydrogen-bond donors (Lipinski definition) is 1. The van der Waals surface area contributed by atoms with Gasteiger partial charge in [0.1, 0.15) is 6.54 Å². The zero-order valence-corrected chi connectivity index (χ0v) is 16.3. The van der Waals surface area contributed by atoms with E-state index >= 15 is 0 Å². The van der Waals surface area contributed by atoms with E-state index in [1.807, 2.05) is 42.5 Å². The number of rotatable bonds is 4. The van der Waals surface area contributed by atoms with E-state index in [1.165, 1.54) is 0 Å². The fourth-order valence-corrected chi connectivity index (χ4v) is 4.51. The number of hydrogen-bond acceptors (Lipinski definition) is 2. The molecule has 1 aromatic heterocycles. The highest BCUT2D eigenvalue weighted by Gasteiger charge is 2.32. The zero-order chi connectivity index (χ0) is 19.8. The number of benzene rings is 2. The normalized spacial score (nSPS) is 16.0. The number of para-hydroxylation sites is 2. The van der Waals surface area contributed by atoms with Crippen LogP contribution in [-0.4, -0.2) is 28.6 Å². The molecule has 0 saturated heterocycles. The Morgan fingerprint density at radius 2 is 1.93 bits per heavy atom. The molecule has 6 heteroatoms. The van der Waals surface area contributed by atoms with E-state index < -0.39 is 5.97 Å². The van der Waals surface area contributed by atoms with Gasteiger partial charge in [-0.3, -0.25) is 9.59 Å². The van der Waals surface area contributed by atoms with Gasteiger partial charge >= 0.3 is 5.97 Å². The van der Waals surface area contributed by atoms with Gasteiger partial charge in [0.15, 0.2) is 0 Å². The molecule has 5 nitrogen and oxygen atoms in total. The second kappa shape index (κ2) is 7.32. The quantitative estimate of drug-likeness (QED) is 0.720. The minimum atomic E-state index is -0.901. The topological polar surface area (TPSA) is 62.5 Å². The lowest BCUT2D eigenvalue weighted by Gasteiger charge is -2.27. The molecule has 1 atom stereocenters. The first-order valence-electron chi connectivity index (χ1n) is 9.30. The molecule has 0 fully saturated rings. The molecule has 1 aliphatic carbocycles. The number of aromatic nitrogens is 1. The van der Waals surface area contributed by atoms with Crippen LogP contribution in [0.3, 0.4) is 0 Å². The first-order valence-corrected chi connectivity index (χ1v) is 9.68. The van der Waals surface area contributed by atoms with E-state index in [9.17, 15) is 14.7 Å². The summed E-state index contributed by atoms with van der Waals surface area (Å²) in [7, 11) is 1.80. The predicted octanol–water partition coefficient (Wildman–Crippen LogP) is 4.15. The number of nitrogens with zero attached hydrogens (tertiary/aromatic N) is 2. The van der Waals surface area contributed by atoms with Crippen LogP contribution in [0.15, 0.2) is 48.5 Å². The van der Waals surface area contributed by atoms with Crippen LogP contribution < -0.4 is 4.90 Å². The summed E-state index contributed by atoms with van der Waals surface area (Å²) in [6.07, 6.45) is 1.94. The van der Waals surface area contributed by atoms with Gasteiger partial charge in [0.2, 0.25) is 5.91 Å². The Bertz CT molecular complexity index is 1060. The van der Waals surface area contributed by atoms with Crippen molar-refractivity contribution in [2.24, 2.45) is 5.92 Å². The van der Waals surface area contributed by atoms with E-state index in [-0.39, 0.29) is 18.4 Å². The molecule has 3 aromatic rings. The maximum absolute atomic E-state index is 13.1. The molecule has 0 spiro atoms. The summed E-state index contributed by atoms with van der Waals surface area (Å²) in [5.74, 6) is -0.958. The standard InChI is InChI=1S/C22H21ClN2O3/c1-24(15-6-3-2-4-7-15)22(28)14-10-11-19-17(12-14)16-8-5-9-18(23)21(16)25(19)13-20(26)27/h2-9,14H,10-13H2,1H3,(H,26,27). The molecule has 4 rings (SSSR count). The third kappa shape index (κ3) is 3.16. The molecule has 28 heavy (non-hydrogen) atoms. The van der Waals surface area contributed by atoms with Gasteiger partial charge in [-0.05, 0) is 43.0 Å². The number of aliphatic carboxylic acids is 1. The van der Waals surface area contributed by atoms with Gasteiger partial charge in [0.25, 0.3) is 0 Å². The Labute approximate surface area is 168 Å². The smallest absolute Gasteiger partial charge is 0.323 e. The van der Waals surface area contributed by atoms with Crippen LogP contribution >= 0.6 is 11.6 Å². The third-order valence-corrected chi connectivity index (χ3v) is 5.86. The van der Waals surface area contributed by atoms with Gasteiger partial charge in [-0.2, -0.15) is 0 Å². The van der Waals surface area contributed by atoms with Crippen molar-refractivity contribution in [2.75, 3.05) is 11.9 Å². The molecule has 0 saturated carbocycles. The van der Waals surface area contributed by atoms with Crippen molar-refractivity contribution in [3.8, 4) is 0 Å². The summed E-state index contributed by atoms with van der Waals surface area (Å²) in [5, 5.41) is 10.8. The highest BCUT2D eigenvalue weighted by molar-refractivity contribution is 6.35. The fraction of sp³-hybridized carbons (Fsp3) is 0.273. The predicted molar refractivity (Wildman–Crippen MR) is 110 cm³/mol. The number of carbonyl (C=O) groups is 2. The van der Waals surface area contributed by atoms with Crippen LogP contribution in [-0.2, 0) is 29.0 Å². The second-order valence-corrected chi connectivity index (χ2v) is 7.62. The Balaban J connectivity index is 1.71. The molecule has 1 heterocycles. The zero-order valence-electron chi connectivity index (χ0n) is 15.6. The van der Waals surface area contributed by atoms with Crippen molar-refractivity contribution in [2.45, 2.75) is 25.8 Å². The summed E-state index contributed by atoms with van der Waals surface area (Å²) in [6, 6.07) is 15.2. The van der Waals surface area contributed by atoms with E-state index in [2.05, 4.69) is 0 Å². The van der Waals surface area contributed by atoms with Crippen molar-refractivity contribution in [3.05, 3.63) is 64.8 Å². The Hall–Kier alpha value is -2.79. The van der Waals surface area contributed by atoms with Crippen molar-refractivity contribution in [1.82, 2.24) is 4.57 Å². The van der Waals surface area contributed by atoms with Gasteiger partial charge in [-0.1, -0.05) is 41.9 Å². The second-order valence-electron chi connectivity index (χ2n) is 7.21. The summed E-state index contributed by atoms with van der Waals surface area (Å²) in [4.78, 5) is 26.2. The molecule has 0 bridgehead atoms. The number of carbonyl (C=O) groups excluding carboxylic acids is 1. The number of halogens is 1. The fourth-order valence-electron chi connectivity index (χ4n) is 4.23. The molecule has 0 aliphatic heterocycles. The van der Waals surface area contributed by atoms with Crippen LogP contribution in [0.25, 0.3) is 10.9 Å². The highest BCUT2D eigenvalue weighted by Crippen LogP contribution is 2.38. The summed E-state index contributed by atoms with van der Waals surface area (Å²) in [6.45, 7) is -0.127. The largest absolute Gasteiger partial charge is 0.480 e. The number of anilines is 1. The van der Waals surface area contributed by atoms with Crippen molar-refractivity contribution in [1.29, 1.82) is 0 Å². The van der Waals surface area contributed by atoms with Gasteiger partial charge in [-0.25, -0.2) is 0 Å². The van der Waals surface area contributed by atoms with E-state index in [0.717, 1.165) is 27.8 Å². The lowest BCUT2D eigenvalue weighted by atomic mass is 9.85. The monoisotopic (exact) mass is 396 g/mol. The lowest BCUT2D eigenvalue weighted by molar-refractivity contribution is -0.137. The van der Waals surface area contributed by atoms with Crippen LogP contribution in [0.2, 0.25) is 5.02 Å². The number of amides is 1. The highest BCUT2D eigenvalue weighted by atomic mass is 35.5. The van der Waals surface area contributed by atoms with Crippen LogP contribution in [0.1, 0.15) is 17.7 Å². The van der Waals surface area contributed by atoms with E-state index in [4.69, 9.17) is 11.6 Å². The summed E-state index contributed by atoms with van der Waals surface area (Å²) in [5.41, 5.74) is 3.65. The molecule has 0 radical (unpaired) electrons. The summed E-state index contributed by atoms with van der Waals surface area (Å²) >= 11 is 6.41. The molecule has 2 aromatic carbocycles. The van der Waals surface area contributed by atoms with Gasteiger partial charge in [0.05, 0.1) is 10.5 Å². The Morgan fingerprint density at radius 3 is 2.64 bits per heavy atom. The molecular weight excluding hydrogens is 376 g/mol. The molecule has 1 aliphatic rings. The first kappa shape index (κ1) is 18.6. The maximum Gasteiger partial charge on any atom is 0.323 e. The molecule has 1 unspecified atom stereocenters. The number of fused-ring (bicyclic) bond motifs is 3. The van der Waals surface area contributed by atoms with Crippen LogP contribution in [0.5, 0.6) is 0 Å². The number of carboxylic acids is 1. The average Bonchev–Trinajstić information content (AvgIpc) is 3.01. The van der Waals surface area contributed by atoms with Gasteiger partial charge < -0.3 is 14.6 Å². The molecule has 1 amide bonds.